The Morgan fingerprint density at radius 1 is 0.320 bits per heavy atom. The van der Waals surface area contributed by atoms with Crippen molar-refractivity contribution in [3.63, 3.8) is 0 Å². The van der Waals surface area contributed by atoms with Gasteiger partial charge in [0.25, 0.3) is 0 Å². The second kappa shape index (κ2) is 11.6. The average molecular weight is 658 g/mol. The smallest absolute Gasteiger partial charge is 0.164 e. The summed E-state index contributed by atoms with van der Waals surface area (Å²) in [6, 6.07) is 57.0. The number of hydrogen-bond acceptors (Lipinski definition) is 5. The van der Waals surface area contributed by atoms with Gasteiger partial charge in [-0.15, -0.1) is 11.3 Å². The highest BCUT2D eigenvalue weighted by molar-refractivity contribution is 7.25. The maximum atomic E-state index is 6.17. The molecule has 0 atom stereocenters. The van der Waals surface area contributed by atoms with E-state index < -0.39 is 0 Å². The van der Waals surface area contributed by atoms with Crippen molar-refractivity contribution in [2.45, 2.75) is 0 Å². The predicted octanol–water partition coefficient (Wildman–Crippen LogP) is 12.5. The second-order valence-corrected chi connectivity index (χ2v) is 13.5. The summed E-state index contributed by atoms with van der Waals surface area (Å²) in [5, 5.41) is 4.80. The molecule has 0 saturated carbocycles. The van der Waals surface area contributed by atoms with Gasteiger partial charge >= 0.3 is 0 Å². The summed E-state index contributed by atoms with van der Waals surface area (Å²) in [6.45, 7) is 0. The predicted molar refractivity (Wildman–Crippen MR) is 207 cm³/mol. The number of aromatic nitrogens is 3. The van der Waals surface area contributed by atoms with E-state index in [2.05, 4.69) is 121 Å². The summed E-state index contributed by atoms with van der Waals surface area (Å²) in [5.74, 6) is 1.95. The van der Waals surface area contributed by atoms with Crippen LogP contribution in [-0.2, 0) is 0 Å². The summed E-state index contributed by atoms with van der Waals surface area (Å²) in [6.07, 6.45) is 0. The zero-order chi connectivity index (χ0) is 33.0. The lowest BCUT2D eigenvalue weighted by atomic mass is 9.97. The molecule has 0 aliphatic rings. The molecule has 0 N–H and O–H groups in total. The fourth-order valence-corrected chi connectivity index (χ4v) is 7.96. The fraction of sp³-hybridized carbons (Fsp3) is 0. The van der Waals surface area contributed by atoms with E-state index in [4.69, 9.17) is 19.4 Å². The van der Waals surface area contributed by atoms with Crippen LogP contribution in [0.3, 0.4) is 0 Å². The lowest BCUT2D eigenvalue weighted by Crippen LogP contribution is -2.00. The molecule has 0 aliphatic carbocycles. The van der Waals surface area contributed by atoms with Crippen LogP contribution in [0.4, 0.5) is 0 Å². The van der Waals surface area contributed by atoms with E-state index in [0.29, 0.717) is 17.5 Å². The first-order chi connectivity index (χ1) is 24.7. The molecular weight excluding hydrogens is 631 g/mol. The maximum absolute atomic E-state index is 6.17. The highest BCUT2D eigenvalue weighted by atomic mass is 32.1. The third kappa shape index (κ3) is 4.95. The zero-order valence-electron chi connectivity index (χ0n) is 26.7. The quantitative estimate of drug-likeness (QED) is 0.185. The van der Waals surface area contributed by atoms with Gasteiger partial charge in [0, 0.05) is 47.6 Å². The highest BCUT2D eigenvalue weighted by Gasteiger charge is 2.15. The number of rotatable bonds is 5. The van der Waals surface area contributed by atoms with Gasteiger partial charge in [0.1, 0.15) is 11.2 Å². The van der Waals surface area contributed by atoms with Gasteiger partial charge in [-0.25, -0.2) is 15.0 Å². The number of fused-ring (bicyclic) bond motifs is 6. The van der Waals surface area contributed by atoms with Gasteiger partial charge in [0.2, 0.25) is 0 Å². The molecule has 3 aromatic heterocycles. The number of benzene rings is 7. The SMILES string of the molecule is c1ccc(-c2nc(-c3ccc(-c4cccc(-c5ccc6c(c5)oc5ccccc56)c4)cc3)nc(-c3ccc4c(c3)sc3ccccc34)n2)cc1. The van der Waals surface area contributed by atoms with Crippen LogP contribution < -0.4 is 0 Å². The molecule has 50 heavy (non-hydrogen) atoms. The Labute approximate surface area is 292 Å². The van der Waals surface area contributed by atoms with Crippen molar-refractivity contribution < 1.29 is 4.42 Å². The molecule has 4 nitrogen and oxygen atoms in total. The Morgan fingerprint density at radius 2 is 0.840 bits per heavy atom. The molecule has 0 saturated heterocycles. The molecule has 0 fully saturated rings. The number of nitrogens with zero attached hydrogens (tertiary/aromatic N) is 3. The number of hydrogen-bond donors (Lipinski definition) is 0. The molecule has 0 amide bonds. The van der Waals surface area contributed by atoms with Crippen molar-refractivity contribution in [1.29, 1.82) is 0 Å². The van der Waals surface area contributed by atoms with Gasteiger partial charge in [-0.2, -0.15) is 0 Å². The minimum atomic E-state index is 0.643. The first-order valence-corrected chi connectivity index (χ1v) is 17.4. The average Bonchev–Trinajstić information content (AvgIpc) is 3.76. The van der Waals surface area contributed by atoms with Crippen LogP contribution in [0.15, 0.2) is 168 Å². The summed E-state index contributed by atoms with van der Waals surface area (Å²) in [7, 11) is 0. The minimum Gasteiger partial charge on any atom is -0.456 e. The van der Waals surface area contributed by atoms with E-state index in [1.54, 1.807) is 11.3 Å². The van der Waals surface area contributed by atoms with E-state index in [1.165, 1.54) is 20.2 Å². The van der Waals surface area contributed by atoms with Crippen LogP contribution in [0.5, 0.6) is 0 Å². The van der Waals surface area contributed by atoms with Crippen LogP contribution in [0, 0.1) is 0 Å². The second-order valence-electron chi connectivity index (χ2n) is 12.4. The van der Waals surface area contributed by atoms with Gasteiger partial charge in [-0.1, -0.05) is 127 Å². The molecule has 7 aromatic carbocycles. The lowest BCUT2D eigenvalue weighted by Gasteiger charge is -2.10. The molecule has 0 bridgehead atoms. The third-order valence-electron chi connectivity index (χ3n) is 9.36. The van der Waals surface area contributed by atoms with Gasteiger partial charge in [-0.05, 0) is 58.7 Å². The van der Waals surface area contributed by atoms with Crippen molar-refractivity contribution >= 4 is 53.4 Å². The molecule has 234 valence electrons. The van der Waals surface area contributed by atoms with E-state index >= 15 is 0 Å². The molecule has 0 radical (unpaired) electrons. The van der Waals surface area contributed by atoms with Crippen molar-refractivity contribution in [2.75, 3.05) is 0 Å². The first kappa shape index (κ1) is 28.6. The molecule has 0 unspecified atom stereocenters. The van der Waals surface area contributed by atoms with Crippen LogP contribution >= 0.6 is 11.3 Å². The Bertz CT molecular complexity index is 2870. The largest absolute Gasteiger partial charge is 0.456 e. The minimum absolute atomic E-state index is 0.643. The summed E-state index contributed by atoms with van der Waals surface area (Å²) in [5.41, 5.74) is 9.18. The monoisotopic (exact) mass is 657 g/mol. The van der Waals surface area contributed by atoms with Crippen molar-refractivity contribution in [2.24, 2.45) is 0 Å². The highest BCUT2D eigenvalue weighted by Crippen LogP contribution is 2.37. The molecule has 10 rings (SSSR count). The van der Waals surface area contributed by atoms with Gasteiger partial charge < -0.3 is 4.42 Å². The van der Waals surface area contributed by atoms with Gasteiger partial charge in [-0.3, -0.25) is 0 Å². The zero-order valence-corrected chi connectivity index (χ0v) is 27.6. The van der Waals surface area contributed by atoms with E-state index in [0.717, 1.165) is 60.9 Å². The summed E-state index contributed by atoms with van der Waals surface area (Å²) < 4.78 is 8.67. The van der Waals surface area contributed by atoms with Crippen LogP contribution in [0.25, 0.3) is 98.5 Å². The molecular formula is C45H27N3OS. The molecule has 0 aliphatic heterocycles. The lowest BCUT2D eigenvalue weighted by molar-refractivity contribution is 0.669. The molecule has 0 spiro atoms. The Kier molecular flexibility index (Phi) is 6.64. The van der Waals surface area contributed by atoms with Gasteiger partial charge in [0.05, 0.1) is 0 Å². The van der Waals surface area contributed by atoms with E-state index in [9.17, 15) is 0 Å². The van der Waals surface area contributed by atoms with Crippen molar-refractivity contribution in [3.8, 4) is 56.4 Å². The standard InChI is InChI=1S/C45H27N3OS/c1-2-9-29(10-3-1)43-46-44(48-45(47-43)34-22-24-38-37-14-5-7-16-41(37)50-42(38)27-34)30-19-17-28(18-20-30)31-11-8-12-32(25-31)33-21-23-36-35-13-4-6-15-39(35)49-40(36)26-33/h1-27H. The van der Waals surface area contributed by atoms with E-state index in [-0.39, 0.29) is 0 Å². The summed E-state index contributed by atoms with van der Waals surface area (Å²) in [4.78, 5) is 15.0. The van der Waals surface area contributed by atoms with Crippen molar-refractivity contribution in [1.82, 2.24) is 15.0 Å². The maximum Gasteiger partial charge on any atom is 0.164 e. The summed E-state index contributed by atoms with van der Waals surface area (Å²) >= 11 is 1.80. The van der Waals surface area contributed by atoms with Crippen molar-refractivity contribution in [3.05, 3.63) is 164 Å². The Balaban J connectivity index is 1.01. The van der Waals surface area contributed by atoms with E-state index in [1.807, 2.05) is 42.5 Å². The third-order valence-corrected chi connectivity index (χ3v) is 10.5. The topological polar surface area (TPSA) is 51.8 Å². The number of para-hydroxylation sites is 1. The normalized spacial score (nSPS) is 11.6. The molecule has 5 heteroatoms. The number of furan rings is 1. The molecule has 10 aromatic rings. The van der Waals surface area contributed by atoms with Crippen LogP contribution in [0.2, 0.25) is 0 Å². The van der Waals surface area contributed by atoms with Crippen LogP contribution in [-0.4, -0.2) is 15.0 Å². The Hall–Kier alpha value is -6.43. The Morgan fingerprint density at radius 3 is 1.66 bits per heavy atom. The first-order valence-electron chi connectivity index (χ1n) is 16.6. The number of thiophene rings is 1. The van der Waals surface area contributed by atoms with Crippen LogP contribution in [0.1, 0.15) is 0 Å². The van der Waals surface area contributed by atoms with Gasteiger partial charge in [0.15, 0.2) is 17.5 Å². The fourth-order valence-electron chi connectivity index (χ4n) is 6.81. The molecule has 3 heterocycles.